The van der Waals surface area contributed by atoms with Crippen molar-refractivity contribution in [3.63, 3.8) is 0 Å². The quantitative estimate of drug-likeness (QED) is 0.644. The van der Waals surface area contributed by atoms with Crippen molar-refractivity contribution >= 4 is 16.9 Å². The number of aliphatic hydroxyl groups excluding tert-OH is 2. The highest BCUT2D eigenvalue weighted by molar-refractivity contribution is 5.74. The molecule has 0 unspecified atom stereocenters. The molecule has 2 aromatic heterocycles. The van der Waals surface area contributed by atoms with Crippen molar-refractivity contribution < 1.29 is 14.9 Å². The predicted octanol–water partition coefficient (Wildman–Crippen LogP) is -0.986. The van der Waals surface area contributed by atoms with Crippen molar-refractivity contribution in [1.82, 2.24) is 14.5 Å². The molecule has 1 aliphatic rings. The molecule has 0 spiro atoms. The van der Waals surface area contributed by atoms with Crippen molar-refractivity contribution in [2.75, 3.05) is 12.3 Å². The van der Waals surface area contributed by atoms with Crippen LogP contribution in [0.25, 0.3) is 11.0 Å². The SMILES string of the molecule is Nc1ccc2cn([C@H]3C[C@H](O)[C@@H](CO)O3)c(=O)nc2n1. The topological polar surface area (TPSA) is 123 Å². The van der Waals surface area contributed by atoms with Crippen LogP contribution in [0.2, 0.25) is 0 Å². The highest BCUT2D eigenvalue weighted by Gasteiger charge is 2.35. The Labute approximate surface area is 113 Å². The largest absolute Gasteiger partial charge is 0.394 e. The minimum Gasteiger partial charge on any atom is -0.394 e. The van der Waals surface area contributed by atoms with Crippen molar-refractivity contribution in [3.8, 4) is 0 Å². The normalized spacial score (nSPS) is 26.2. The summed E-state index contributed by atoms with van der Waals surface area (Å²) in [5, 5.41) is 19.4. The number of fused-ring (bicyclic) bond motifs is 1. The fourth-order valence-electron chi connectivity index (χ4n) is 2.27. The van der Waals surface area contributed by atoms with Crippen molar-refractivity contribution in [2.45, 2.75) is 24.9 Å². The number of hydrogen-bond acceptors (Lipinski definition) is 7. The lowest BCUT2D eigenvalue weighted by Gasteiger charge is -2.14. The number of nitrogens with zero attached hydrogens (tertiary/aromatic N) is 3. The van der Waals surface area contributed by atoms with Crippen LogP contribution in [-0.2, 0) is 4.74 Å². The third-order valence-electron chi connectivity index (χ3n) is 3.32. The monoisotopic (exact) mass is 278 g/mol. The van der Waals surface area contributed by atoms with Gasteiger partial charge in [0.1, 0.15) is 18.1 Å². The summed E-state index contributed by atoms with van der Waals surface area (Å²) in [5.74, 6) is 0.287. The van der Waals surface area contributed by atoms with Crippen molar-refractivity contribution in [3.05, 3.63) is 28.8 Å². The first kappa shape index (κ1) is 13.0. The van der Waals surface area contributed by atoms with Crippen molar-refractivity contribution in [2.24, 2.45) is 0 Å². The molecule has 4 N–H and O–H groups in total. The molecule has 0 bridgehead atoms. The Kier molecular flexibility index (Phi) is 3.13. The minimum atomic E-state index is -0.808. The highest BCUT2D eigenvalue weighted by Crippen LogP contribution is 2.27. The number of rotatable bonds is 2. The number of aromatic nitrogens is 3. The minimum absolute atomic E-state index is 0.223. The number of ether oxygens (including phenoxy) is 1. The summed E-state index contributed by atoms with van der Waals surface area (Å²) in [4.78, 5) is 19.8. The van der Waals surface area contributed by atoms with Crippen LogP contribution in [0.1, 0.15) is 12.6 Å². The Morgan fingerprint density at radius 1 is 1.45 bits per heavy atom. The Morgan fingerprint density at radius 2 is 2.25 bits per heavy atom. The van der Waals surface area contributed by atoms with Gasteiger partial charge in [-0.15, -0.1) is 0 Å². The number of nitrogen functional groups attached to an aromatic ring is 1. The van der Waals surface area contributed by atoms with E-state index in [2.05, 4.69) is 9.97 Å². The zero-order valence-corrected chi connectivity index (χ0v) is 10.5. The molecule has 1 aliphatic heterocycles. The molecule has 106 valence electrons. The lowest BCUT2D eigenvalue weighted by atomic mass is 10.2. The third kappa shape index (κ3) is 2.13. The number of hydrogen-bond donors (Lipinski definition) is 3. The van der Waals surface area contributed by atoms with Gasteiger partial charge in [0.15, 0.2) is 5.65 Å². The molecule has 3 rings (SSSR count). The summed E-state index contributed by atoms with van der Waals surface area (Å²) in [6, 6.07) is 3.31. The summed E-state index contributed by atoms with van der Waals surface area (Å²) in [6.45, 7) is -0.300. The van der Waals surface area contributed by atoms with E-state index in [1.807, 2.05) is 0 Å². The van der Waals surface area contributed by atoms with Crippen LogP contribution in [-0.4, -0.2) is 43.6 Å². The molecule has 8 nitrogen and oxygen atoms in total. The van der Waals surface area contributed by atoms with Gasteiger partial charge in [0, 0.05) is 18.0 Å². The van der Waals surface area contributed by atoms with E-state index in [4.69, 9.17) is 15.6 Å². The third-order valence-corrected chi connectivity index (χ3v) is 3.32. The smallest absolute Gasteiger partial charge is 0.351 e. The zero-order chi connectivity index (χ0) is 14.3. The maximum absolute atomic E-state index is 12.0. The van der Waals surface area contributed by atoms with E-state index in [0.29, 0.717) is 5.39 Å². The first-order valence-electron chi connectivity index (χ1n) is 6.18. The highest BCUT2D eigenvalue weighted by atomic mass is 16.5. The van der Waals surface area contributed by atoms with Crippen LogP contribution in [0.15, 0.2) is 23.1 Å². The second-order valence-corrected chi connectivity index (χ2v) is 4.69. The zero-order valence-electron chi connectivity index (χ0n) is 10.5. The molecule has 1 saturated heterocycles. The lowest BCUT2D eigenvalue weighted by molar-refractivity contribution is -0.0457. The van der Waals surface area contributed by atoms with Gasteiger partial charge in [0.2, 0.25) is 0 Å². The molecule has 1 fully saturated rings. The van der Waals surface area contributed by atoms with E-state index >= 15 is 0 Å². The van der Waals surface area contributed by atoms with Gasteiger partial charge in [-0.3, -0.25) is 4.57 Å². The fraction of sp³-hybridized carbons (Fsp3) is 0.417. The van der Waals surface area contributed by atoms with E-state index in [1.165, 1.54) is 4.57 Å². The van der Waals surface area contributed by atoms with Crippen LogP contribution in [0.4, 0.5) is 5.82 Å². The molecule has 0 saturated carbocycles. The van der Waals surface area contributed by atoms with Crippen LogP contribution in [0.5, 0.6) is 0 Å². The standard InChI is InChI=1S/C12H14N4O4/c13-9-2-1-6-4-16(12(19)15-11(6)14-9)10-3-7(18)8(5-17)20-10/h1-2,4,7-8,10,17-18H,3,5H2,(H2,13,14,15,19)/t7-,8+,10+/m0/s1. The molecule has 3 heterocycles. The molecule has 3 atom stereocenters. The molecule has 0 aromatic carbocycles. The first-order valence-corrected chi connectivity index (χ1v) is 6.18. The maximum Gasteiger partial charge on any atom is 0.351 e. The van der Waals surface area contributed by atoms with Crippen LogP contribution in [0.3, 0.4) is 0 Å². The van der Waals surface area contributed by atoms with E-state index in [1.54, 1.807) is 18.3 Å². The average molecular weight is 278 g/mol. The summed E-state index contributed by atoms with van der Waals surface area (Å²) >= 11 is 0. The van der Waals surface area contributed by atoms with Gasteiger partial charge in [0.05, 0.1) is 12.7 Å². The Hall–Kier alpha value is -2.03. The molecular weight excluding hydrogens is 264 g/mol. The van der Waals surface area contributed by atoms with E-state index < -0.39 is 24.1 Å². The molecule has 2 aromatic rings. The Morgan fingerprint density at radius 3 is 2.95 bits per heavy atom. The predicted molar refractivity (Wildman–Crippen MR) is 69.8 cm³/mol. The van der Waals surface area contributed by atoms with Crippen LogP contribution < -0.4 is 11.4 Å². The van der Waals surface area contributed by atoms with E-state index in [0.717, 1.165) is 0 Å². The average Bonchev–Trinajstić information content (AvgIpc) is 2.79. The Balaban J connectivity index is 2.02. The van der Waals surface area contributed by atoms with Gasteiger partial charge in [-0.05, 0) is 12.1 Å². The van der Waals surface area contributed by atoms with Crippen molar-refractivity contribution in [1.29, 1.82) is 0 Å². The van der Waals surface area contributed by atoms with Gasteiger partial charge in [0.25, 0.3) is 0 Å². The van der Waals surface area contributed by atoms with Gasteiger partial charge < -0.3 is 20.7 Å². The molecule has 0 amide bonds. The number of pyridine rings is 1. The second-order valence-electron chi connectivity index (χ2n) is 4.69. The van der Waals surface area contributed by atoms with Gasteiger partial charge in [-0.25, -0.2) is 9.78 Å². The first-order chi connectivity index (χ1) is 9.58. The molecule has 20 heavy (non-hydrogen) atoms. The summed E-state index contributed by atoms with van der Waals surface area (Å²) in [5.41, 5.74) is 5.27. The van der Waals surface area contributed by atoms with E-state index in [9.17, 15) is 9.90 Å². The van der Waals surface area contributed by atoms with Crippen LogP contribution >= 0.6 is 0 Å². The van der Waals surface area contributed by atoms with Crippen LogP contribution in [0, 0.1) is 0 Å². The van der Waals surface area contributed by atoms with Gasteiger partial charge in [-0.2, -0.15) is 4.98 Å². The Bertz CT molecular complexity index is 701. The number of anilines is 1. The molecule has 0 radical (unpaired) electrons. The van der Waals surface area contributed by atoms with Gasteiger partial charge in [-0.1, -0.05) is 0 Å². The van der Waals surface area contributed by atoms with E-state index in [-0.39, 0.29) is 24.5 Å². The fourth-order valence-corrected chi connectivity index (χ4v) is 2.27. The number of aliphatic hydroxyl groups is 2. The van der Waals surface area contributed by atoms with Gasteiger partial charge >= 0.3 is 5.69 Å². The molecular formula is C12H14N4O4. The summed E-state index contributed by atoms with van der Waals surface area (Å²) in [7, 11) is 0. The number of nitrogens with two attached hydrogens (primary N) is 1. The maximum atomic E-state index is 12.0. The second kappa shape index (κ2) is 4.82. The summed E-state index contributed by atoms with van der Waals surface area (Å²) in [6.07, 6.45) is -0.358. The molecule has 0 aliphatic carbocycles. The summed E-state index contributed by atoms with van der Waals surface area (Å²) < 4.78 is 6.73. The molecule has 8 heteroatoms. The lowest BCUT2D eigenvalue weighted by Crippen LogP contribution is -2.27.